The van der Waals surface area contributed by atoms with Crippen molar-refractivity contribution >= 4 is 44.8 Å². The third kappa shape index (κ3) is 5.43. The fourth-order valence-corrected chi connectivity index (χ4v) is 14.3. The number of hydrogen-bond acceptors (Lipinski definition) is 7. The molecule has 41 heavy (non-hydrogen) atoms. The molecule has 4 aromatic rings. The van der Waals surface area contributed by atoms with E-state index >= 15 is 0 Å². The van der Waals surface area contributed by atoms with E-state index < -0.39 is 33.8 Å². The van der Waals surface area contributed by atoms with Crippen LogP contribution < -0.4 is 15.9 Å². The summed E-state index contributed by atoms with van der Waals surface area (Å²) in [4.78, 5) is 24.8. The van der Waals surface area contributed by atoms with Crippen molar-refractivity contribution in [2.24, 2.45) is 0 Å². The number of methoxy groups -OCH3 is 2. The Morgan fingerprint density at radius 3 is 1.56 bits per heavy atom. The van der Waals surface area contributed by atoms with Gasteiger partial charge >= 0.3 is 242 Å². The second-order valence-corrected chi connectivity index (χ2v) is 15.9. The van der Waals surface area contributed by atoms with Crippen molar-refractivity contribution in [1.29, 1.82) is 0 Å². The van der Waals surface area contributed by atoms with Gasteiger partial charge in [-0.05, 0) is 0 Å². The van der Waals surface area contributed by atoms with Crippen LogP contribution in [0.25, 0.3) is 0 Å². The first kappa shape index (κ1) is 30.1. The van der Waals surface area contributed by atoms with Gasteiger partial charge in [0.1, 0.15) is 0 Å². The molecule has 0 N–H and O–H groups in total. The van der Waals surface area contributed by atoms with Gasteiger partial charge in [-0.15, -0.1) is 0 Å². The molecule has 0 radical (unpaired) electrons. The standard InChI is InChI=1S/C32H33O7PS/c1-4-5-23-40(26-15-9-6-10-16-26,27-17-11-7-12-18-27,28-19-13-8-14-20-28)39-41(35,36)30-24-25(31(33)37-2)21-22-29(30)32(34)38-3/h6-22,24H,4-5,23H2,1-3H3. The van der Waals surface area contributed by atoms with Crippen LogP contribution in [0.2, 0.25) is 0 Å². The van der Waals surface area contributed by atoms with Gasteiger partial charge in [-0.1, -0.05) is 0 Å². The van der Waals surface area contributed by atoms with Crippen LogP contribution in [0.1, 0.15) is 40.5 Å². The Kier molecular flexibility index (Phi) is 9.08. The Morgan fingerprint density at radius 2 is 1.15 bits per heavy atom. The molecule has 0 fully saturated rings. The fraction of sp³-hybridized carbons (Fsp3) is 0.188. The predicted molar refractivity (Wildman–Crippen MR) is 162 cm³/mol. The van der Waals surface area contributed by atoms with E-state index in [1.54, 1.807) is 0 Å². The minimum atomic E-state index is -4.75. The quantitative estimate of drug-likeness (QED) is 0.174. The van der Waals surface area contributed by atoms with Crippen LogP contribution in [-0.2, 0) is 23.6 Å². The average Bonchev–Trinajstić information content (AvgIpc) is 3.03. The summed E-state index contributed by atoms with van der Waals surface area (Å²) in [6, 6.07) is 31.8. The monoisotopic (exact) mass is 592 g/mol. The molecule has 0 unspecified atom stereocenters. The van der Waals surface area contributed by atoms with E-state index in [1.807, 2.05) is 97.9 Å². The number of benzene rings is 4. The van der Waals surface area contributed by atoms with E-state index in [9.17, 15) is 18.0 Å². The van der Waals surface area contributed by atoms with Gasteiger partial charge in [0.2, 0.25) is 0 Å². The molecule has 7 nitrogen and oxygen atoms in total. The van der Waals surface area contributed by atoms with Crippen LogP contribution in [0.5, 0.6) is 0 Å². The van der Waals surface area contributed by atoms with Gasteiger partial charge in [0.25, 0.3) is 0 Å². The maximum atomic E-state index is 14.7. The molecule has 0 aromatic heterocycles. The van der Waals surface area contributed by atoms with Gasteiger partial charge in [-0.3, -0.25) is 0 Å². The minimum absolute atomic E-state index is 0.0460. The van der Waals surface area contributed by atoms with Crippen LogP contribution >= 0.6 is 6.83 Å². The molecule has 9 heteroatoms. The van der Waals surface area contributed by atoms with E-state index in [0.29, 0.717) is 12.6 Å². The molecule has 4 rings (SSSR count). The number of carbonyl (C=O) groups excluding carboxylic acids is 2. The summed E-state index contributed by atoms with van der Waals surface area (Å²) < 4.78 is 45.9. The summed E-state index contributed by atoms with van der Waals surface area (Å²) in [5.41, 5.74) is -0.295. The summed E-state index contributed by atoms with van der Waals surface area (Å²) in [6.45, 7) is -2.29. The van der Waals surface area contributed by atoms with Crippen LogP contribution in [0.15, 0.2) is 114 Å². The molecule has 0 atom stereocenters. The van der Waals surface area contributed by atoms with Crippen molar-refractivity contribution in [2.75, 3.05) is 20.4 Å². The molecule has 0 saturated carbocycles. The molecular weight excluding hydrogens is 559 g/mol. The summed E-state index contributed by atoms with van der Waals surface area (Å²) in [5, 5.41) is 2.16. The van der Waals surface area contributed by atoms with E-state index in [-0.39, 0.29) is 11.1 Å². The van der Waals surface area contributed by atoms with Gasteiger partial charge in [0.05, 0.1) is 0 Å². The van der Waals surface area contributed by atoms with Gasteiger partial charge in [0, 0.05) is 0 Å². The molecule has 0 aliphatic carbocycles. The zero-order chi connectivity index (χ0) is 29.5. The molecule has 0 bridgehead atoms. The Labute approximate surface area is 241 Å². The molecule has 0 saturated heterocycles. The number of esters is 2. The third-order valence-corrected chi connectivity index (χ3v) is 15.5. The van der Waals surface area contributed by atoms with Gasteiger partial charge in [-0.2, -0.15) is 0 Å². The molecule has 0 aliphatic heterocycles. The maximum absolute atomic E-state index is 14.7. The SMILES string of the molecule is CCCCP(OS(=O)(=O)c1cc(C(=O)OC)ccc1C(=O)OC)(c1ccccc1)(c1ccccc1)c1ccccc1. The third-order valence-electron chi connectivity index (χ3n) is 7.19. The molecule has 214 valence electrons. The second-order valence-electron chi connectivity index (χ2n) is 9.52. The van der Waals surface area contributed by atoms with E-state index in [0.717, 1.165) is 35.5 Å². The van der Waals surface area contributed by atoms with Gasteiger partial charge < -0.3 is 0 Å². The summed E-state index contributed by atoms with van der Waals surface area (Å²) in [7, 11) is -2.40. The first-order valence-electron chi connectivity index (χ1n) is 13.2. The zero-order valence-electron chi connectivity index (χ0n) is 23.2. The molecular formula is C32H33O7PS. The van der Waals surface area contributed by atoms with E-state index in [2.05, 4.69) is 0 Å². The Balaban J connectivity index is 2.16. The zero-order valence-corrected chi connectivity index (χ0v) is 24.9. The Hall–Kier alpha value is -3.84. The average molecular weight is 593 g/mol. The van der Waals surface area contributed by atoms with Gasteiger partial charge in [0.15, 0.2) is 0 Å². The Morgan fingerprint density at radius 1 is 0.683 bits per heavy atom. The van der Waals surface area contributed by atoms with Gasteiger partial charge in [-0.25, -0.2) is 0 Å². The predicted octanol–water partition coefficient (Wildman–Crippen LogP) is 5.21. The van der Waals surface area contributed by atoms with E-state index in [1.165, 1.54) is 19.2 Å². The molecule has 4 aromatic carbocycles. The van der Waals surface area contributed by atoms with Crippen molar-refractivity contribution in [2.45, 2.75) is 24.7 Å². The van der Waals surface area contributed by atoms with Crippen molar-refractivity contribution in [1.82, 2.24) is 0 Å². The number of ether oxygens (including phenoxy) is 2. The number of rotatable bonds is 11. The first-order valence-corrected chi connectivity index (χ1v) is 16.9. The van der Waals surface area contributed by atoms with Crippen LogP contribution in [0.3, 0.4) is 0 Å². The Bertz CT molecular complexity index is 1520. The van der Waals surface area contributed by atoms with Crippen molar-refractivity contribution in [3.05, 3.63) is 120 Å². The number of unbranched alkanes of at least 4 members (excludes halogenated alkanes) is 1. The molecule has 0 spiro atoms. The topological polar surface area (TPSA) is 96.0 Å². The molecule has 0 amide bonds. The second kappa shape index (κ2) is 12.4. The summed E-state index contributed by atoms with van der Waals surface area (Å²) in [5.74, 6) is -1.63. The van der Waals surface area contributed by atoms with Crippen molar-refractivity contribution in [3.63, 3.8) is 0 Å². The summed E-state index contributed by atoms with van der Waals surface area (Å²) >= 11 is 0. The first-order chi connectivity index (χ1) is 19.7. The van der Waals surface area contributed by atoms with E-state index in [4.69, 9.17) is 13.4 Å². The van der Waals surface area contributed by atoms with Crippen LogP contribution in [0, 0.1) is 0 Å². The summed E-state index contributed by atoms with van der Waals surface area (Å²) in [6.07, 6.45) is 1.81. The van der Waals surface area contributed by atoms with Crippen LogP contribution in [-0.4, -0.2) is 40.7 Å². The van der Waals surface area contributed by atoms with Crippen molar-refractivity contribution < 1.29 is 31.5 Å². The number of carbonyl (C=O) groups is 2. The normalized spacial score (nSPS) is 12.6. The van der Waals surface area contributed by atoms with Crippen molar-refractivity contribution in [3.8, 4) is 0 Å². The fourth-order valence-electron chi connectivity index (χ4n) is 5.20. The van der Waals surface area contributed by atoms with Crippen LogP contribution in [0.4, 0.5) is 0 Å². The number of hydrogen-bond donors (Lipinski definition) is 0. The molecule has 0 heterocycles. The molecule has 0 aliphatic rings.